The van der Waals surface area contributed by atoms with Gasteiger partial charge in [-0.1, -0.05) is 11.8 Å². The Labute approximate surface area is 168 Å². The van der Waals surface area contributed by atoms with Gasteiger partial charge in [-0.25, -0.2) is 14.6 Å². The molecule has 5 atom stereocenters. The summed E-state index contributed by atoms with van der Waals surface area (Å²) in [6.45, 7) is 2.02. The Hall–Kier alpha value is -1.16. The van der Waals surface area contributed by atoms with E-state index in [1.165, 1.54) is 18.5 Å². The van der Waals surface area contributed by atoms with Crippen LogP contribution in [0.4, 0.5) is 0 Å². The molecule has 2 N–H and O–H groups in total. The van der Waals surface area contributed by atoms with Crippen LogP contribution in [0.3, 0.4) is 0 Å². The second-order valence-corrected chi connectivity index (χ2v) is 11.6. The highest BCUT2D eigenvalue weighted by Gasteiger charge is 2.51. The lowest BCUT2D eigenvalue weighted by molar-refractivity contribution is 0.265. The maximum Gasteiger partial charge on any atom is 0.124 e. The largest absolute Gasteiger partial charge is 0.295 e. The highest BCUT2D eigenvalue weighted by molar-refractivity contribution is 8.17. The van der Waals surface area contributed by atoms with Gasteiger partial charge in [0.1, 0.15) is 10.8 Å². The third-order valence-electron chi connectivity index (χ3n) is 6.02. The molecule has 4 aliphatic rings. The molecular formula is C18H21N5OS3. The third kappa shape index (κ3) is 2.66. The normalized spacial score (nSPS) is 32.8. The zero-order chi connectivity index (χ0) is 18.1. The van der Waals surface area contributed by atoms with Crippen LogP contribution in [0.5, 0.6) is 0 Å². The van der Waals surface area contributed by atoms with Crippen molar-refractivity contribution in [3.8, 4) is 0 Å². The number of hydrogen-bond donors (Lipinski definition) is 2. The van der Waals surface area contributed by atoms with Gasteiger partial charge < -0.3 is 0 Å². The highest BCUT2D eigenvalue weighted by Crippen LogP contribution is 2.56. The fourth-order valence-corrected chi connectivity index (χ4v) is 8.74. The van der Waals surface area contributed by atoms with Crippen LogP contribution in [-0.4, -0.2) is 30.0 Å². The first-order valence-electron chi connectivity index (χ1n) is 9.45. The van der Waals surface area contributed by atoms with E-state index in [1.54, 1.807) is 23.1 Å². The second kappa shape index (κ2) is 6.17. The SMILES string of the molecule is Cc1ncc2n1NC1=C(S(=O)CC3CC3)SC3NC(c4nccs4)CC2C13. The van der Waals surface area contributed by atoms with Gasteiger partial charge in [0.05, 0.1) is 44.0 Å². The first-order valence-corrected chi connectivity index (χ1v) is 12.5. The molecule has 9 heteroatoms. The Bertz CT molecular complexity index is 948. The minimum Gasteiger partial charge on any atom is -0.295 e. The van der Waals surface area contributed by atoms with Gasteiger partial charge in [0, 0.05) is 29.2 Å². The van der Waals surface area contributed by atoms with Crippen LogP contribution in [0.15, 0.2) is 27.7 Å². The summed E-state index contributed by atoms with van der Waals surface area (Å²) in [5.74, 6) is 3.12. The lowest BCUT2D eigenvalue weighted by Gasteiger charge is -2.42. The fourth-order valence-electron chi connectivity index (χ4n) is 4.50. The van der Waals surface area contributed by atoms with Crippen molar-refractivity contribution in [3.05, 3.63) is 44.2 Å². The van der Waals surface area contributed by atoms with Crippen molar-refractivity contribution in [3.63, 3.8) is 0 Å². The fraction of sp³-hybridized carbons (Fsp3) is 0.556. The molecule has 27 heavy (non-hydrogen) atoms. The van der Waals surface area contributed by atoms with E-state index in [1.807, 2.05) is 24.7 Å². The van der Waals surface area contributed by atoms with E-state index < -0.39 is 10.8 Å². The number of imidazole rings is 1. The van der Waals surface area contributed by atoms with Crippen LogP contribution < -0.4 is 10.7 Å². The molecule has 2 aromatic rings. The van der Waals surface area contributed by atoms with E-state index in [0.717, 1.165) is 32.9 Å². The highest BCUT2D eigenvalue weighted by atomic mass is 32.2. The standard InChI is InChI=1S/C18H21N5OS3/c1-9-20-7-13-11-6-12(16-19-4-5-25-16)21-17-14(11)15(22-23(9)13)18(26-17)27(24)8-10-2-3-10/h4-5,7,10-12,14,17,21-22H,2-3,6,8H2,1H3. The molecule has 142 valence electrons. The number of piperidine rings is 1. The molecule has 6 rings (SSSR count). The summed E-state index contributed by atoms with van der Waals surface area (Å²) in [6.07, 6.45) is 7.35. The first-order chi connectivity index (χ1) is 13.2. The van der Waals surface area contributed by atoms with E-state index in [4.69, 9.17) is 0 Å². The third-order valence-corrected chi connectivity index (χ3v) is 10.3. The molecule has 5 heterocycles. The number of thioether (sulfide) groups is 1. The van der Waals surface area contributed by atoms with Gasteiger partial charge in [-0.3, -0.25) is 15.0 Å². The molecule has 0 amide bonds. The summed E-state index contributed by atoms with van der Waals surface area (Å²) in [6, 6.07) is 0.239. The summed E-state index contributed by atoms with van der Waals surface area (Å²) in [4.78, 5) is 9.11. The minimum atomic E-state index is -0.917. The molecule has 0 radical (unpaired) electrons. The van der Waals surface area contributed by atoms with Crippen molar-refractivity contribution in [1.82, 2.24) is 20.0 Å². The first kappa shape index (κ1) is 16.8. The molecule has 5 unspecified atom stereocenters. The lowest BCUT2D eigenvalue weighted by atomic mass is 9.78. The number of nitrogens with zero attached hydrogens (tertiary/aromatic N) is 3. The number of thiazole rings is 1. The number of hydrogen-bond acceptors (Lipinski definition) is 7. The van der Waals surface area contributed by atoms with Crippen LogP contribution in [0.25, 0.3) is 0 Å². The van der Waals surface area contributed by atoms with Crippen LogP contribution in [-0.2, 0) is 10.8 Å². The Morgan fingerprint density at radius 1 is 1.37 bits per heavy atom. The maximum atomic E-state index is 13.1. The van der Waals surface area contributed by atoms with E-state index >= 15 is 0 Å². The van der Waals surface area contributed by atoms with E-state index in [2.05, 4.69) is 25.4 Å². The van der Waals surface area contributed by atoms with E-state index in [9.17, 15) is 4.21 Å². The van der Waals surface area contributed by atoms with E-state index in [0.29, 0.717) is 17.8 Å². The van der Waals surface area contributed by atoms with Gasteiger partial charge in [-0.15, -0.1) is 11.3 Å². The average molecular weight is 420 g/mol. The minimum absolute atomic E-state index is 0.238. The molecule has 3 aliphatic heterocycles. The van der Waals surface area contributed by atoms with Crippen molar-refractivity contribution in [2.24, 2.45) is 11.8 Å². The van der Waals surface area contributed by atoms with Gasteiger partial charge in [0.2, 0.25) is 0 Å². The van der Waals surface area contributed by atoms with Crippen molar-refractivity contribution < 1.29 is 4.21 Å². The summed E-state index contributed by atoms with van der Waals surface area (Å²) in [5, 5.41) is 7.23. The summed E-state index contributed by atoms with van der Waals surface area (Å²) >= 11 is 3.49. The number of fused-ring (bicyclic) bond motifs is 2. The lowest BCUT2D eigenvalue weighted by Crippen LogP contribution is -2.48. The van der Waals surface area contributed by atoms with Crippen LogP contribution in [0.1, 0.15) is 47.7 Å². The van der Waals surface area contributed by atoms with Gasteiger partial charge in [0.15, 0.2) is 0 Å². The Kier molecular flexibility index (Phi) is 3.83. The predicted molar refractivity (Wildman–Crippen MR) is 109 cm³/mol. The smallest absolute Gasteiger partial charge is 0.124 e. The van der Waals surface area contributed by atoms with Crippen molar-refractivity contribution >= 4 is 33.9 Å². The molecule has 0 bridgehead atoms. The molecule has 2 fully saturated rings. The molecular weight excluding hydrogens is 398 g/mol. The topological polar surface area (TPSA) is 71.8 Å². The zero-order valence-electron chi connectivity index (χ0n) is 14.9. The second-order valence-electron chi connectivity index (χ2n) is 7.83. The van der Waals surface area contributed by atoms with Crippen LogP contribution in [0.2, 0.25) is 0 Å². The average Bonchev–Trinajstić information content (AvgIpc) is 3.08. The Morgan fingerprint density at radius 3 is 3.04 bits per heavy atom. The maximum absolute atomic E-state index is 13.1. The summed E-state index contributed by atoms with van der Waals surface area (Å²) in [7, 11) is -0.917. The number of nitrogens with one attached hydrogen (secondary N) is 2. The van der Waals surface area contributed by atoms with Gasteiger partial charge in [0.25, 0.3) is 0 Å². The molecule has 1 aliphatic carbocycles. The number of aromatic nitrogens is 3. The monoisotopic (exact) mass is 419 g/mol. The van der Waals surface area contributed by atoms with Crippen LogP contribution >= 0.6 is 23.1 Å². The van der Waals surface area contributed by atoms with Gasteiger partial charge >= 0.3 is 0 Å². The molecule has 1 saturated carbocycles. The molecule has 1 saturated heterocycles. The van der Waals surface area contributed by atoms with Gasteiger partial charge in [-0.05, 0) is 32.1 Å². The van der Waals surface area contributed by atoms with Gasteiger partial charge in [-0.2, -0.15) is 0 Å². The molecule has 2 aromatic heterocycles. The van der Waals surface area contributed by atoms with Crippen LogP contribution in [0, 0.1) is 18.8 Å². The summed E-state index contributed by atoms with van der Waals surface area (Å²) in [5.41, 5.74) is 5.98. The number of rotatable bonds is 4. The molecule has 0 aromatic carbocycles. The molecule has 6 nitrogen and oxygen atoms in total. The number of aryl methyl sites for hydroxylation is 1. The summed E-state index contributed by atoms with van der Waals surface area (Å²) < 4.78 is 16.3. The van der Waals surface area contributed by atoms with Crippen molar-refractivity contribution in [2.45, 2.75) is 43.5 Å². The Morgan fingerprint density at radius 2 is 2.26 bits per heavy atom. The predicted octanol–water partition coefficient (Wildman–Crippen LogP) is 3.04. The molecule has 0 spiro atoms. The quantitative estimate of drug-likeness (QED) is 0.794. The van der Waals surface area contributed by atoms with Crippen molar-refractivity contribution in [1.29, 1.82) is 0 Å². The van der Waals surface area contributed by atoms with E-state index in [-0.39, 0.29) is 11.4 Å². The zero-order valence-corrected chi connectivity index (χ0v) is 17.4. The van der Waals surface area contributed by atoms with Crippen molar-refractivity contribution in [2.75, 3.05) is 11.2 Å². The Balaban J connectivity index is 1.42.